The van der Waals surface area contributed by atoms with E-state index in [2.05, 4.69) is 37.8 Å². The minimum absolute atomic E-state index is 0.170. The van der Waals surface area contributed by atoms with Crippen LogP contribution in [-0.2, 0) is 0 Å². The molecule has 3 heterocycles. The molecule has 2 aliphatic rings. The minimum Gasteiger partial charge on any atom is -0.393 e. The molecule has 1 saturated carbocycles. The quantitative estimate of drug-likeness (QED) is 0.417. The number of aliphatic hydroxyl groups excluding tert-OH is 1. The van der Waals surface area contributed by atoms with Crippen molar-refractivity contribution in [2.45, 2.75) is 56.6 Å². The number of nitrogens with zero attached hydrogens (tertiary/aromatic N) is 3. The number of aromatic nitrogens is 3. The highest BCUT2D eigenvalue weighted by Gasteiger charge is 2.24. The third-order valence-corrected chi connectivity index (χ3v) is 6.77. The van der Waals surface area contributed by atoms with Gasteiger partial charge in [0.1, 0.15) is 11.5 Å². The van der Waals surface area contributed by atoms with Gasteiger partial charge in [-0.3, -0.25) is 0 Å². The zero-order valence-electron chi connectivity index (χ0n) is 19.9. The monoisotopic (exact) mass is 468 g/mol. The van der Waals surface area contributed by atoms with Crippen LogP contribution in [0.1, 0.15) is 61.3 Å². The predicted molar refractivity (Wildman–Crippen MR) is 139 cm³/mol. The van der Waals surface area contributed by atoms with E-state index in [1.54, 1.807) is 6.20 Å². The van der Waals surface area contributed by atoms with Gasteiger partial charge in [-0.1, -0.05) is 12.0 Å². The van der Waals surface area contributed by atoms with Gasteiger partial charge in [0.15, 0.2) is 0 Å². The van der Waals surface area contributed by atoms with Crippen molar-refractivity contribution in [3.05, 3.63) is 71.7 Å². The van der Waals surface area contributed by atoms with Crippen molar-refractivity contribution in [2.24, 2.45) is 0 Å². The van der Waals surface area contributed by atoms with E-state index in [1.165, 1.54) is 5.56 Å². The predicted octanol–water partition coefficient (Wildman–Crippen LogP) is 4.20. The molecule has 5 rings (SSSR count). The Kier molecular flexibility index (Phi) is 7.52. The number of aliphatic hydroxyl groups is 1. The maximum atomic E-state index is 9.89. The smallest absolute Gasteiger partial charge is 0.229 e. The second kappa shape index (κ2) is 11.3. The molecule has 0 unspecified atom stereocenters. The van der Waals surface area contributed by atoms with E-state index >= 15 is 0 Å². The normalized spacial score (nSPS) is 20.5. The van der Waals surface area contributed by atoms with Gasteiger partial charge in [0.05, 0.1) is 6.10 Å². The van der Waals surface area contributed by atoms with Gasteiger partial charge in [0, 0.05) is 35.2 Å². The van der Waals surface area contributed by atoms with Crippen LogP contribution in [0.3, 0.4) is 0 Å². The molecule has 0 amide bonds. The lowest BCUT2D eigenvalue weighted by Crippen LogP contribution is -2.30. The van der Waals surface area contributed by atoms with E-state index in [1.807, 2.05) is 48.7 Å². The fourth-order valence-electron chi connectivity index (χ4n) is 4.75. The van der Waals surface area contributed by atoms with Gasteiger partial charge < -0.3 is 21.1 Å². The van der Waals surface area contributed by atoms with Crippen molar-refractivity contribution < 1.29 is 5.11 Å². The first-order valence-electron chi connectivity index (χ1n) is 12.6. The second-order valence-corrected chi connectivity index (χ2v) is 9.34. The molecule has 0 spiro atoms. The summed E-state index contributed by atoms with van der Waals surface area (Å²) < 4.78 is 0. The molecule has 2 aromatic heterocycles. The van der Waals surface area contributed by atoms with E-state index in [0.717, 1.165) is 74.4 Å². The van der Waals surface area contributed by atoms with Crippen molar-refractivity contribution >= 4 is 17.5 Å². The van der Waals surface area contributed by atoms with E-state index in [-0.39, 0.29) is 6.10 Å². The Balaban J connectivity index is 1.31. The molecular formula is C28H32N6O. The summed E-state index contributed by atoms with van der Waals surface area (Å²) in [6, 6.07) is 14.0. The molecule has 180 valence electrons. The molecule has 7 nitrogen and oxygen atoms in total. The number of rotatable bonds is 5. The fraction of sp³-hybridized carbons (Fsp3) is 0.393. The van der Waals surface area contributed by atoms with Crippen LogP contribution < -0.4 is 16.0 Å². The SMILES string of the molecule is OC1CCC(Nc2nc(Nc3ccc(C#Cc4ccccn4)cc3)ncc2C2CCNCC2)CC1. The summed E-state index contributed by atoms with van der Waals surface area (Å²) >= 11 is 0. The summed E-state index contributed by atoms with van der Waals surface area (Å²) in [5.41, 5.74) is 3.78. The number of pyridine rings is 1. The van der Waals surface area contributed by atoms with Crippen molar-refractivity contribution in [2.75, 3.05) is 23.7 Å². The van der Waals surface area contributed by atoms with Gasteiger partial charge in [0.2, 0.25) is 5.95 Å². The number of hydrogen-bond acceptors (Lipinski definition) is 7. The number of hydrogen-bond donors (Lipinski definition) is 4. The molecule has 35 heavy (non-hydrogen) atoms. The molecule has 0 radical (unpaired) electrons. The molecule has 1 saturated heterocycles. The van der Waals surface area contributed by atoms with Crippen molar-refractivity contribution in [3.8, 4) is 11.8 Å². The summed E-state index contributed by atoms with van der Waals surface area (Å²) in [4.78, 5) is 13.8. The molecule has 1 aliphatic heterocycles. The number of benzene rings is 1. The summed E-state index contributed by atoms with van der Waals surface area (Å²) in [5.74, 6) is 8.19. The Morgan fingerprint density at radius 1 is 0.886 bits per heavy atom. The lowest BCUT2D eigenvalue weighted by atomic mass is 9.90. The number of piperidine rings is 1. The van der Waals surface area contributed by atoms with Crippen molar-refractivity contribution in [1.29, 1.82) is 0 Å². The van der Waals surface area contributed by atoms with E-state index in [0.29, 0.717) is 17.9 Å². The lowest BCUT2D eigenvalue weighted by Gasteiger charge is -2.29. The molecule has 0 atom stereocenters. The molecule has 2 fully saturated rings. The molecule has 3 aromatic rings. The first kappa shape index (κ1) is 23.3. The third-order valence-electron chi connectivity index (χ3n) is 6.77. The maximum absolute atomic E-state index is 9.89. The van der Waals surface area contributed by atoms with Crippen LogP contribution in [0.25, 0.3) is 0 Å². The van der Waals surface area contributed by atoms with Crippen molar-refractivity contribution in [1.82, 2.24) is 20.3 Å². The Morgan fingerprint density at radius 3 is 2.43 bits per heavy atom. The van der Waals surface area contributed by atoms with Gasteiger partial charge in [-0.05, 0) is 99.9 Å². The molecule has 1 aliphatic carbocycles. The first-order valence-corrected chi connectivity index (χ1v) is 12.6. The molecule has 4 N–H and O–H groups in total. The second-order valence-electron chi connectivity index (χ2n) is 9.34. The largest absolute Gasteiger partial charge is 0.393 e. The summed E-state index contributed by atoms with van der Waals surface area (Å²) in [7, 11) is 0. The average Bonchev–Trinajstić information content (AvgIpc) is 2.91. The van der Waals surface area contributed by atoms with Gasteiger partial charge in [-0.2, -0.15) is 4.98 Å². The molecule has 7 heteroatoms. The Hall–Kier alpha value is -3.47. The zero-order valence-corrected chi connectivity index (χ0v) is 19.9. The summed E-state index contributed by atoms with van der Waals surface area (Å²) in [5, 5.41) is 20.4. The summed E-state index contributed by atoms with van der Waals surface area (Å²) in [6.07, 6.45) is 9.34. The molecular weight excluding hydrogens is 436 g/mol. The highest BCUT2D eigenvalue weighted by atomic mass is 16.3. The molecule has 0 bridgehead atoms. The van der Waals surface area contributed by atoms with Crippen LogP contribution in [0, 0.1) is 11.8 Å². The highest BCUT2D eigenvalue weighted by molar-refractivity contribution is 5.58. The lowest BCUT2D eigenvalue weighted by molar-refractivity contribution is 0.126. The fourth-order valence-corrected chi connectivity index (χ4v) is 4.75. The standard InChI is InChI=1S/C28H32N6O/c35-25-12-10-23(11-13-25)32-27-26(21-14-17-29-18-15-21)19-31-28(34-27)33-24-8-5-20(6-9-24)4-7-22-3-1-2-16-30-22/h1-3,5-6,8-9,16,19,21,23,25,29,35H,10-15,17-18H2,(H2,31,32,33,34). The van der Waals surface area contributed by atoms with Crippen LogP contribution in [-0.4, -0.2) is 45.3 Å². The number of nitrogens with one attached hydrogen (secondary N) is 3. The van der Waals surface area contributed by atoms with Crippen molar-refractivity contribution in [3.63, 3.8) is 0 Å². The van der Waals surface area contributed by atoms with Crippen LogP contribution in [0.4, 0.5) is 17.5 Å². The first-order chi connectivity index (χ1) is 17.2. The van der Waals surface area contributed by atoms with Gasteiger partial charge in [-0.25, -0.2) is 9.97 Å². The van der Waals surface area contributed by atoms with Gasteiger partial charge >= 0.3 is 0 Å². The zero-order chi connectivity index (χ0) is 23.9. The van der Waals surface area contributed by atoms with E-state index in [9.17, 15) is 5.11 Å². The highest BCUT2D eigenvalue weighted by Crippen LogP contribution is 2.32. The maximum Gasteiger partial charge on any atom is 0.229 e. The van der Waals surface area contributed by atoms with Gasteiger partial charge in [0.25, 0.3) is 0 Å². The van der Waals surface area contributed by atoms with Crippen LogP contribution in [0.15, 0.2) is 54.9 Å². The van der Waals surface area contributed by atoms with Crippen LogP contribution >= 0.6 is 0 Å². The average molecular weight is 469 g/mol. The number of anilines is 3. The van der Waals surface area contributed by atoms with Crippen LogP contribution in [0.2, 0.25) is 0 Å². The van der Waals surface area contributed by atoms with E-state index < -0.39 is 0 Å². The minimum atomic E-state index is -0.170. The van der Waals surface area contributed by atoms with Gasteiger partial charge in [-0.15, -0.1) is 0 Å². The van der Waals surface area contributed by atoms with E-state index in [4.69, 9.17) is 4.98 Å². The van der Waals surface area contributed by atoms with Crippen LogP contribution in [0.5, 0.6) is 0 Å². The third kappa shape index (κ3) is 6.36. The topological polar surface area (TPSA) is 95.0 Å². The summed E-state index contributed by atoms with van der Waals surface area (Å²) in [6.45, 7) is 2.05. The molecule has 1 aromatic carbocycles. The Bertz CT molecular complexity index is 1160. The Morgan fingerprint density at radius 2 is 1.69 bits per heavy atom. The Labute approximate surface area is 206 Å².